The molecule has 1 aromatic carbocycles. The van der Waals surface area contributed by atoms with Crippen molar-refractivity contribution in [1.29, 1.82) is 0 Å². The standard InChI is InChI=1S/C15H17N3O5/c1-23-15(22)11-8-18(6-7-19)14(21)12(11)17-10-4-2-9(3-5-10)13(16)20/h2-5,17,19H,6-8H2,1H3,(H2,16,20). The number of hydrogen-bond acceptors (Lipinski definition) is 6. The van der Waals surface area contributed by atoms with E-state index in [0.29, 0.717) is 11.3 Å². The number of primary amides is 1. The first kappa shape index (κ1) is 16.5. The topological polar surface area (TPSA) is 122 Å². The third kappa shape index (κ3) is 3.49. The molecule has 0 atom stereocenters. The number of aliphatic hydroxyl groups is 1. The van der Waals surface area contributed by atoms with Crippen molar-refractivity contribution in [1.82, 2.24) is 4.90 Å². The second kappa shape index (κ2) is 6.93. The van der Waals surface area contributed by atoms with Crippen LogP contribution in [-0.2, 0) is 14.3 Å². The zero-order valence-electron chi connectivity index (χ0n) is 12.5. The van der Waals surface area contributed by atoms with Crippen LogP contribution < -0.4 is 11.1 Å². The van der Waals surface area contributed by atoms with Crippen LogP contribution in [0.2, 0.25) is 0 Å². The van der Waals surface area contributed by atoms with Gasteiger partial charge in [0.05, 0.1) is 25.8 Å². The smallest absolute Gasteiger partial charge is 0.337 e. The van der Waals surface area contributed by atoms with Crippen LogP contribution in [0.3, 0.4) is 0 Å². The molecule has 0 saturated carbocycles. The predicted molar refractivity (Wildman–Crippen MR) is 81.3 cm³/mol. The highest BCUT2D eigenvalue weighted by molar-refractivity contribution is 6.08. The van der Waals surface area contributed by atoms with Crippen molar-refractivity contribution in [2.24, 2.45) is 5.73 Å². The number of nitrogens with zero attached hydrogens (tertiary/aromatic N) is 1. The summed E-state index contributed by atoms with van der Waals surface area (Å²) < 4.78 is 4.69. The molecule has 0 aromatic heterocycles. The van der Waals surface area contributed by atoms with Crippen LogP contribution in [0.15, 0.2) is 35.5 Å². The Morgan fingerprint density at radius 2 is 2.00 bits per heavy atom. The lowest BCUT2D eigenvalue weighted by Crippen LogP contribution is -2.31. The van der Waals surface area contributed by atoms with Gasteiger partial charge in [0, 0.05) is 17.8 Å². The molecule has 2 amide bonds. The third-order valence-corrected chi connectivity index (χ3v) is 3.39. The van der Waals surface area contributed by atoms with Gasteiger partial charge >= 0.3 is 5.97 Å². The largest absolute Gasteiger partial charge is 0.466 e. The Hall–Kier alpha value is -2.87. The zero-order chi connectivity index (χ0) is 17.0. The van der Waals surface area contributed by atoms with E-state index in [2.05, 4.69) is 10.1 Å². The lowest BCUT2D eigenvalue weighted by atomic mass is 10.2. The number of methoxy groups -OCH3 is 1. The fourth-order valence-electron chi connectivity index (χ4n) is 2.21. The molecule has 0 spiro atoms. The average molecular weight is 319 g/mol. The number of anilines is 1. The van der Waals surface area contributed by atoms with Gasteiger partial charge in [-0.15, -0.1) is 0 Å². The second-order valence-electron chi connectivity index (χ2n) is 4.86. The van der Waals surface area contributed by atoms with Gasteiger partial charge in [-0.3, -0.25) is 9.59 Å². The number of benzene rings is 1. The maximum absolute atomic E-state index is 12.3. The molecule has 0 aliphatic carbocycles. The quantitative estimate of drug-likeness (QED) is 0.605. The van der Waals surface area contributed by atoms with Crippen molar-refractivity contribution in [3.63, 3.8) is 0 Å². The highest BCUT2D eigenvalue weighted by Gasteiger charge is 2.34. The van der Waals surface area contributed by atoms with Crippen molar-refractivity contribution < 1.29 is 24.2 Å². The second-order valence-corrected chi connectivity index (χ2v) is 4.86. The van der Waals surface area contributed by atoms with Crippen molar-refractivity contribution in [3.05, 3.63) is 41.1 Å². The summed E-state index contributed by atoms with van der Waals surface area (Å²) in [5.74, 6) is -1.58. The predicted octanol–water partition coefficient (Wildman–Crippen LogP) is -0.541. The molecule has 0 fully saturated rings. The Kier molecular flexibility index (Phi) is 4.97. The van der Waals surface area contributed by atoms with E-state index in [-0.39, 0.29) is 31.0 Å². The minimum atomic E-state index is -0.616. The average Bonchev–Trinajstić information content (AvgIpc) is 2.84. The minimum absolute atomic E-state index is 0.0633. The van der Waals surface area contributed by atoms with E-state index in [1.165, 1.54) is 24.1 Å². The zero-order valence-corrected chi connectivity index (χ0v) is 12.5. The highest BCUT2D eigenvalue weighted by Crippen LogP contribution is 2.22. The number of hydrogen-bond donors (Lipinski definition) is 3. The first-order chi connectivity index (χ1) is 11.0. The number of ether oxygens (including phenoxy) is 1. The van der Waals surface area contributed by atoms with Crippen molar-refractivity contribution in [2.45, 2.75) is 0 Å². The van der Waals surface area contributed by atoms with Gasteiger partial charge in [-0.2, -0.15) is 0 Å². The number of β-amino-alcohol motifs (C(OH)–C–C–N with tert-alkyl or cyclic N) is 1. The van der Waals surface area contributed by atoms with Crippen LogP contribution in [0.4, 0.5) is 5.69 Å². The van der Waals surface area contributed by atoms with E-state index >= 15 is 0 Å². The van der Waals surface area contributed by atoms with E-state index in [1.54, 1.807) is 12.1 Å². The van der Waals surface area contributed by atoms with Gasteiger partial charge in [-0.05, 0) is 24.3 Å². The molecule has 1 aliphatic rings. The maximum Gasteiger partial charge on any atom is 0.337 e. The molecule has 1 heterocycles. The molecule has 2 rings (SSSR count). The van der Waals surface area contributed by atoms with Crippen LogP contribution in [0.1, 0.15) is 10.4 Å². The Morgan fingerprint density at radius 1 is 1.35 bits per heavy atom. The number of rotatable bonds is 6. The summed E-state index contributed by atoms with van der Waals surface area (Å²) in [4.78, 5) is 36.5. The van der Waals surface area contributed by atoms with Crippen LogP contribution in [-0.4, -0.2) is 54.6 Å². The molecule has 8 heteroatoms. The van der Waals surface area contributed by atoms with Crippen molar-refractivity contribution in [2.75, 3.05) is 32.1 Å². The third-order valence-electron chi connectivity index (χ3n) is 3.39. The molecule has 0 bridgehead atoms. The normalized spacial score (nSPS) is 14.2. The SMILES string of the molecule is COC(=O)C1=C(Nc2ccc(C(N)=O)cc2)C(=O)N(CCO)C1. The Bertz CT molecular complexity index is 666. The molecule has 122 valence electrons. The van der Waals surface area contributed by atoms with E-state index in [0.717, 1.165) is 0 Å². The number of nitrogens with one attached hydrogen (secondary N) is 1. The molecule has 1 aromatic rings. The highest BCUT2D eigenvalue weighted by atomic mass is 16.5. The van der Waals surface area contributed by atoms with Gasteiger partial charge in [-0.1, -0.05) is 0 Å². The van der Waals surface area contributed by atoms with E-state index in [1.807, 2.05) is 0 Å². The molecule has 0 radical (unpaired) electrons. The molecule has 4 N–H and O–H groups in total. The number of esters is 1. The van der Waals surface area contributed by atoms with Crippen LogP contribution >= 0.6 is 0 Å². The van der Waals surface area contributed by atoms with Crippen molar-refractivity contribution in [3.8, 4) is 0 Å². The first-order valence-corrected chi connectivity index (χ1v) is 6.86. The van der Waals surface area contributed by atoms with Gasteiger partial charge in [-0.25, -0.2) is 4.79 Å². The van der Waals surface area contributed by atoms with Gasteiger partial charge in [0.15, 0.2) is 0 Å². The molecule has 1 aliphatic heterocycles. The van der Waals surface area contributed by atoms with Gasteiger partial charge in [0.25, 0.3) is 5.91 Å². The summed E-state index contributed by atoms with van der Waals surface area (Å²) in [7, 11) is 1.23. The van der Waals surface area contributed by atoms with Gasteiger partial charge in [0.2, 0.25) is 5.91 Å². The summed E-state index contributed by atoms with van der Waals surface area (Å²) in [6.45, 7) is -0.0281. The summed E-state index contributed by atoms with van der Waals surface area (Å²) in [5.41, 5.74) is 6.30. The van der Waals surface area contributed by atoms with Gasteiger partial charge in [0.1, 0.15) is 5.70 Å². The first-order valence-electron chi connectivity index (χ1n) is 6.86. The molecular weight excluding hydrogens is 302 g/mol. The molecular formula is C15H17N3O5. The Morgan fingerprint density at radius 3 is 2.52 bits per heavy atom. The van der Waals surface area contributed by atoms with Crippen LogP contribution in [0.25, 0.3) is 0 Å². The summed E-state index contributed by atoms with van der Waals surface area (Å²) in [5, 5.41) is 11.9. The van der Waals surface area contributed by atoms with E-state index < -0.39 is 17.8 Å². The van der Waals surface area contributed by atoms with E-state index in [4.69, 9.17) is 10.8 Å². The molecule has 8 nitrogen and oxygen atoms in total. The maximum atomic E-state index is 12.3. The van der Waals surface area contributed by atoms with Gasteiger partial charge < -0.3 is 25.8 Å². The summed E-state index contributed by atoms with van der Waals surface area (Å²) in [6, 6.07) is 6.16. The number of aliphatic hydroxyl groups excluding tert-OH is 1. The number of carbonyl (C=O) groups is 3. The van der Waals surface area contributed by atoms with Crippen molar-refractivity contribution >= 4 is 23.5 Å². The van der Waals surface area contributed by atoms with Crippen LogP contribution in [0.5, 0.6) is 0 Å². The lowest BCUT2D eigenvalue weighted by Gasteiger charge is -2.15. The molecule has 0 saturated heterocycles. The number of carbonyl (C=O) groups excluding carboxylic acids is 3. The molecule has 0 unspecified atom stereocenters. The Balaban J connectivity index is 2.27. The van der Waals surface area contributed by atoms with Crippen LogP contribution in [0, 0.1) is 0 Å². The lowest BCUT2D eigenvalue weighted by molar-refractivity contribution is -0.136. The summed E-state index contributed by atoms with van der Waals surface area (Å²) >= 11 is 0. The fourth-order valence-corrected chi connectivity index (χ4v) is 2.21. The summed E-state index contributed by atoms with van der Waals surface area (Å²) in [6.07, 6.45) is 0. The Labute approximate surface area is 132 Å². The number of amides is 2. The molecule has 23 heavy (non-hydrogen) atoms. The monoisotopic (exact) mass is 319 g/mol. The fraction of sp³-hybridized carbons (Fsp3) is 0.267. The van der Waals surface area contributed by atoms with E-state index in [9.17, 15) is 14.4 Å². The minimum Gasteiger partial charge on any atom is -0.466 e. The number of nitrogens with two attached hydrogens (primary N) is 1.